The predicted molar refractivity (Wildman–Crippen MR) is 106 cm³/mol. The van der Waals surface area contributed by atoms with Crippen LogP contribution in [0.4, 0.5) is 0 Å². The minimum atomic E-state index is -2.83. The van der Waals surface area contributed by atoms with E-state index in [1.807, 2.05) is 31.2 Å². The molecule has 0 amide bonds. The van der Waals surface area contributed by atoms with Crippen molar-refractivity contribution in [2.75, 3.05) is 24.6 Å². The number of nitrogens with zero attached hydrogens (tertiary/aromatic N) is 1. The van der Waals surface area contributed by atoms with E-state index < -0.39 is 9.84 Å². The van der Waals surface area contributed by atoms with Crippen molar-refractivity contribution in [3.63, 3.8) is 0 Å². The molecule has 1 saturated heterocycles. The number of hydrogen-bond donors (Lipinski definition) is 2. The van der Waals surface area contributed by atoms with Crippen LogP contribution in [0.1, 0.15) is 18.9 Å². The van der Waals surface area contributed by atoms with Crippen molar-refractivity contribution < 1.29 is 8.42 Å². The van der Waals surface area contributed by atoms with Gasteiger partial charge in [0.15, 0.2) is 15.8 Å². The van der Waals surface area contributed by atoms with Gasteiger partial charge in [-0.1, -0.05) is 23.7 Å². The molecule has 130 valence electrons. The second-order valence-corrected chi connectivity index (χ2v) is 8.14. The fourth-order valence-electron chi connectivity index (χ4n) is 2.38. The summed E-state index contributed by atoms with van der Waals surface area (Å²) < 4.78 is 22.9. The van der Waals surface area contributed by atoms with E-state index in [-0.39, 0.29) is 35.6 Å². The van der Waals surface area contributed by atoms with E-state index in [1.54, 1.807) is 0 Å². The monoisotopic (exact) mass is 471 g/mol. The molecule has 0 aromatic heterocycles. The summed E-state index contributed by atoms with van der Waals surface area (Å²) in [4.78, 5) is 4.51. The maximum absolute atomic E-state index is 11.5. The minimum absolute atomic E-state index is 0. The third kappa shape index (κ3) is 7.26. The number of sulfone groups is 1. The molecule has 1 aliphatic heterocycles. The second-order valence-electron chi connectivity index (χ2n) is 5.47. The van der Waals surface area contributed by atoms with Gasteiger partial charge in [0.25, 0.3) is 0 Å². The number of guanidine groups is 1. The van der Waals surface area contributed by atoms with Crippen LogP contribution >= 0.6 is 35.6 Å². The molecule has 1 aromatic carbocycles. The molecule has 5 nitrogen and oxygen atoms in total. The zero-order valence-electron chi connectivity index (χ0n) is 13.1. The van der Waals surface area contributed by atoms with Crippen LogP contribution < -0.4 is 10.6 Å². The Morgan fingerprint density at radius 1 is 1.30 bits per heavy atom. The number of halogens is 2. The van der Waals surface area contributed by atoms with Crippen molar-refractivity contribution >= 4 is 51.4 Å². The minimum Gasteiger partial charge on any atom is -0.357 e. The van der Waals surface area contributed by atoms with Crippen LogP contribution in [0.15, 0.2) is 29.3 Å². The summed E-state index contributed by atoms with van der Waals surface area (Å²) in [6.45, 7) is 3.94. The van der Waals surface area contributed by atoms with Gasteiger partial charge in [-0.25, -0.2) is 13.4 Å². The maximum atomic E-state index is 11.5. The van der Waals surface area contributed by atoms with E-state index in [2.05, 4.69) is 15.6 Å². The normalized spacial score (nSPS) is 19.9. The van der Waals surface area contributed by atoms with Gasteiger partial charge in [-0.05, 0) is 37.0 Å². The van der Waals surface area contributed by atoms with Gasteiger partial charge in [-0.15, -0.1) is 24.0 Å². The van der Waals surface area contributed by atoms with E-state index in [0.29, 0.717) is 29.8 Å². The number of hydrogen-bond acceptors (Lipinski definition) is 3. The highest BCUT2D eigenvalue weighted by Gasteiger charge is 2.27. The molecule has 1 heterocycles. The number of benzene rings is 1. The summed E-state index contributed by atoms with van der Waals surface area (Å²) in [7, 11) is -2.83. The zero-order chi connectivity index (χ0) is 16.0. The summed E-state index contributed by atoms with van der Waals surface area (Å²) in [5.41, 5.74) is 1.07. The van der Waals surface area contributed by atoms with Crippen LogP contribution in [-0.2, 0) is 16.4 Å². The molecule has 1 fully saturated rings. The molecule has 1 unspecified atom stereocenters. The lowest BCUT2D eigenvalue weighted by molar-refractivity contribution is 0.567. The van der Waals surface area contributed by atoms with E-state index in [0.717, 1.165) is 18.5 Å². The van der Waals surface area contributed by atoms with E-state index in [1.165, 1.54) is 0 Å². The molecule has 0 radical (unpaired) electrons. The van der Waals surface area contributed by atoms with Crippen molar-refractivity contribution in [3.05, 3.63) is 34.9 Å². The van der Waals surface area contributed by atoms with Gasteiger partial charge in [0.2, 0.25) is 0 Å². The predicted octanol–water partition coefficient (Wildman–Crippen LogP) is 2.45. The van der Waals surface area contributed by atoms with Crippen LogP contribution in [0.3, 0.4) is 0 Å². The average Bonchev–Trinajstić information content (AvgIpc) is 2.83. The summed E-state index contributed by atoms with van der Waals surface area (Å²) >= 11 is 5.86. The summed E-state index contributed by atoms with van der Waals surface area (Å²) in [6.07, 6.45) is 0.728. The lowest BCUT2D eigenvalue weighted by Gasteiger charge is -2.14. The first kappa shape index (κ1) is 20.5. The van der Waals surface area contributed by atoms with Crippen LogP contribution in [0.2, 0.25) is 5.02 Å². The molecule has 8 heteroatoms. The molecule has 1 aromatic rings. The second kappa shape index (κ2) is 9.68. The smallest absolute Gasteiger partial charge is 0.191 e. The summed E-state index contributed by atoms with van der Waals surface area (Å²) in [5.74, 6) is 1.46. The first-order valence-electron chi connectivity index (χ1n) is 7.45. The zero-order valence-corrected chi connectivity index (χ0v) is 17.0. The van der Waals surface area contributed by atoms with Crippen LogP contribution in [0.5, 0.6) is 0 Å². The lowest BCUT2D eigenvalue weighted by atomic mass is 10.1. The van der Waals surface area contributed by atoms with Gasteiger partial charge in [0, 0.05) is 18.1 Å². The molecule has 1 atom stereocenters. The Kier molecular flexibility index (Phi) is 8.63. The maximum Gasteiger partial charge on any atom is 0.191 e. The topological polar surface area (TPSA) is 70.6 Å². The van der Waals surface area contributed by atoms with E-state index >= 15 is 0 Å². The van der Waals surface area contributed by atoms with Crippen molar-refractivity contribution in [1.29, 1.82) is 0 Å². The lowest BCUT2D eigenvalue weighted by Crippen LogP contribution is -2.40. The largest absolute Gasteiger partial charge is 0.357 e. The van der Waals surface area contributed by atoms with Gasteiger partial charge in [0.05, 0.1) is 18.1 Å². The standard InChI is InChI=1S/C15H22ClN3O2S.HI/c1-2-17-15(18-9-12-3-5-14(16)6-4-12)19-10-13-7-8-22(20,21)11-13;/h3-6,13H,2,7-11H2,1H3,(H2,17,18,19);1H. The van der Waals surface area contributed by atoms with Crippen LogP contribution in [0.25, 0.3) is 0 Å². The molecule has 0 spiro atoms. The van der Waals surface area contributed by atoms with Gasteiger partial charge < -0.3 is 10.6 Å². The van der Waals surface area contributed by atoms with Crippen molar-refractivity contribution in [2.24, 2.45) is 10.9 Å². The Bertz CT molecular complexity index is 620. The highest BCUT2D eigenvalue weighted by Crippen LogP contribution is 2.17. The number of rotatable bonds is 5. The fourth-order valence-corrected chi connectivity index (χ4v) is 4.36. The molecule has 0 bridgehead atoms. The van der Waals surface area contributed by atoms with E-state index in [9.17, 15) is 8.42 Å². The first-order chi connectivity index (χ1) is 10.5. The quantitative estimate of drug-likeness (QED) is 0.393. The van der Waals surface area contributed by atoms with E-state index in [4.69, 9.17) is 11.6 Å². The van der Waals surface area contributed by atoms with Gasteiger partial charge in [-0.3, -0.25) is 0 Å². The molecule has 0 saturated carbocycles. The molecule has 1 aliphatic rings. The van der Waals surface area contributed by atoms with Crippen LogP contribution in [-0.4, -0.2) is 39.0 Å². The Morgan fingerprint density at radius 3 is 2.57 bits per heavy atom. The Morgan fingerprint density at radius 2 is 2.00 bits per heavy atom. The average molecular weight is 472 g/mol. The number of aliphatic imine (C=N–C) groups is 1. The van der Waals surface area contributed by atoms with Gasteiger partial charge in [0.1, 0.15) is 0 Å². The third-order valence-corrected chi connectivity index (χ3v) is 5.65. The van der Waals surface area contributed by atoms with Crippen molar-refractivity contribution in [2.45, 2.75) is 19.9 Å². The summed E-state index contributed by atoms with van der Waals surface area (Å²) in [5, 5.41) is 7.11. The Balaban J connectivity index is 0.00000264. The molecule has 2 rings (SSSR count). The van der Waals surface area contributed by atoms with Crippen molar-refractivity contribution in [1.82, 2.24) is 10.6 Å². The van der Waals surface area contributed by atoms with Gasteiger partial charge >= 0.3 is 0 Å². The molecule has 2 N–H and O–H groups in total. The molecule has 0 aliphatic carbocycles. The SMILES string of the molecule is CCNC(=NCc1ccc(Cl)cc1)NCC1CCS(=O)(=O)C1.I. The summed E-state index contributed by atoms with van der Waals surface area (Å²) in [6, 6.07) is 7.57. The molecule has 23 heavy (non-hydrogen) atoms. The Hall–Kier alpha value is -0.540. The molecular weight excluding hydrogens is 449 g/mol. The van der Waals surface area contributed by atoms with Gasteiger partial charge in [-0.2, -0.15) is 0 Å². The van der Waals surface area contributed by atoms with Crippen LogP contribution in [0, 0.1) is 5.92 Å². The Labute approximate surface area is 160 Å². The van der Waals surface area contributed by atoms with Crippen molar-refractivity contribution in [3.8, 4) is 0 Å². The number of nitrogens with one attached hydrogen (secondary N) is 2. The third-order valence-electron chi connectivity index (χ3n) is 3.56. The highest BCUT2D eigenvalue weighted by molar-refractivity contribution is 14.0. The fraction of sp³-hybridized carbons (Fsp3) is 0.533. The highest BCUT2D eigenvalue weighted by atomic mass is 127. The molecular formula is C15H23ClIN3O2S. The first-order valence-corrected chi connectivity index (χ1v) is 9.65.